The fourth-order valence-electron chi connectivity index (χ4n) is 1.74. The number of ketones is 1. The van der Waals surface area contributed by atoms with Gasteiger partial charge in [0, 0.05) is 13.0 Å². The number of piperidine rings is 1. The Balaban J connectivity index is 2.11. The summed E-state index contributed by atoms with van der Waals surface area (Å²) >= 11 is 0. The molecule has 2 heterocycles. The van der Waals surface area contributed by atoms with Crippen LogP contribution in [0.4, 0.5) is 5.82 Å². The summed E-state index contributed by atoms with van der Waals surface area (Å²) in [4.78, 5) is 13.3. The first-order valence-corrected chi connectivity index (χ1v) is 5.39. The largest absolute Gasteiger partial charge is 0.348 e. The first-order valence-electron chi connectivity index (χ1n) is 5.39. The molecule has 0 bridgehead atoms. The van der Waals surface area contributed by atoms with Gasteiger partial charge in [-0.1, -0.05) is 6.92 Å². The molecule has 15 heavy (non-hydrogen) atoms. The lowest BCUT2D eigenvalue weighted by Gasteiger charge is -2.26. The van der Waals surface area contributed by atoms with E-state index in [-0.39, 0.29) is 0 Å². The minimum atomic E-state index is 0.294. The minimum absolute atomic E-state index is 0.294. The summed E-state index contributed by atoms with van der Waals surface area (Å²) in [6.07, 6.45) is 2.53. The number of carbonyl (C=O) groups is 1. The predicted molar refractivity (Wildman–Crippen MR) is 57.9 cm³/mol. The molecule has 80 valence electrons. The molecule has 1 aromatic heterocycles. The molecular formula is C11H15N3O. The summed E-state index contributed by atoms with van der Waals surface area (Å²) in [5, 5.41) is 8.23. The lowest BCUT2D eigenvalue weighted by Crippen LogP contribution is -2.36. The molecule has 0 N–H and O–H groups in total. The highest BCUT2D eigenvalue weighted by Crippen LogP contribution is 2.14. The molecule has 1 aliphatic heterocycles. The van der Waals surface area contributed by atoms with Gasteiger partial charge in [-0.05, 0) is 25.0 Å². The van der Waals surface area contributed by atoms with Crippen molar-refractivity contribution in [1.82, 2.24) is 10.2 Å². The molecular weight excluding hydrogens is 190 g/mol. The Bertz CT molecular complexity index is 347. The highest BCUT2D eigenvalue weighted by Gasteiger charge is 2.17. The van der Waals surface area contributed by atoms with E-state index in [1.807, 2.05) is 24.0 Å². The van der Waals surface area contributed by atoms with Gasteiger partial charge in [-0.25, -0.2) is 0 Å². The number of hydrogen-bond donors (Lipinski definition) is 0. The van der Waals surface area contributed by atoms with Gasteiger partial charge in [0.2, 0.25) is 0 Å². The van der Waals surface area contributed by atoms with Crippen LogP contribution in [-0.4, -0.2) is 29.1 Å². The summed E-state index contributed by atoms with van der Waals surface area (Å²) in [5.41, 5.74) is 0.988. The van der Waals surface area contributed by atoms with Crippen molar-refractivity contribution in [3.05, 3.63) is 17.8 Å². The SMILES string of the molecule is CCc1ccc(N2CCCC(=O)C2)nn1. The lowest BCUT2D eigenvalue weighted by molar-refractivity contribution is -0.118. The van der Waals surface area contributed by atoms with Gasteiger partial charge in [-0.2, -0.15) is 5.10 Å². The van der Waals surface area contributed by atoms with Gasteiger partial charge >= 0.3 is 0 Å². The Labute approximate surface area is 89.3 Å². The number of aryl methyl sites for hydroxylation is 1. The van der Waals surface area contributed by atoms with Gasteiger partial charge in [0.25, 0.3) is 0 Å². The van der Waals surface area contributed by atoms with E-state index in [0.717, 1.165) is 30.9 Å². The Kier molecular flexibility index (Phi) is 2.94. The lowest BCUT2D eigenvalue weighted by atomic mass is 10.1. The molecule has 0 atom stereocenters. The van der Waals surface area contributed by atoms with Crippen molar-refractivity contribution in [3.63, 3.8) is 0 Å². The van der Waals surface area contributed by atoms with Gasteiger partial charge in [-0.3, -0.25) is 4.79 Å². The third kappa shape index (κ3) is 2.32. The maximum Gasteiger partial charge on any atom is 0.152 e. The van der Waals surface area contributed by atoms with Crippen molar-refractivity contribution in [1.29, 1.82) is 0 Å². The standard InChI is InChI=1S/C11H15N3O/c1-2-9-5-6-11(13-12-9)14-7-3-4-10(15)8-14/h5-6H,2-4,7-8H2,1H3. The van der Waals surface area contributed by atoms with Crippen molar-refractivity contribution in [3.8, 4) is 0 Å². The quantitative estimate of drug-likeness (QED) is 0.728. The molecule has 0 saturated carbocycles. The van der Waals surface area contributed by atoms with Crippen molar-refractivity contribution >= 4 is 11.6 Å². The second kappa shape index (κ2) is 4.38. The van der Waals surface area contributed by atoms with E-state index in [0.29, 0.717) is 18.7 Å². The van der Waals surface area contributed by atoms with Gasteiger partial charge in [-0.15, -0.1) is 5.10 Å². The number of hydrogen-bond acceptors (Lipinski definition) is 4. The van der Waals surface area contributed by atoms with Crippen molar-refractivity contribution in [2.75, 3.05) is 18.0 Å². The zero-order valence-electron chi connectivity index (χ0n) is 8.94. The monoisotopic (exact) mass is 205 g/mol. The smallest absolute Gasteiger partial charge is 0.152 e. The number of aromatic nitrogens is 2. The van der Waals surface area contributed by atoms with Gasteiger partial charge in [0.1, 0.15) is 0 Å². The summed E-state index contributed by atoms with van der Waals surface area (Å²) in [7, 11) is 0. The molecule has 0 amide bonds. The van der Waals surface area contributed by atoms with Crippen LogP contribution in [0.25, 0.3) is 0 Å². The molecule has 0 unspecified atom stereocenters. The van der Waals surface area contributed by atoms with Gasteiger partial charge < -0.3 is 4.90 Å². The molecule has 4 nitrogen and oxygen atoms in total. The number of carbonyl (C=O) groups excluding carboxylic acids is 1. The van der Waals surface area contributed by atoms with Crippen LogP contribution in [0.15, 0.2) is 12.1 Å². The number of Topliss-reactive ketones (excluding diaryl/α,β-unsaturated/α-hetero) is 1. The molecule has 2 rings (SSSR count). The van der Waals surface area contributed by atoms with Gasteiger partial charge in [0.05, 0.1) is 12.2 Å². The fraction of sp³-hybridized carbons (Fsp3) is 0.545. The molecule has 4 heteroatoms. The van der Waals surface area contributed by atoms with Crippen LogP contribution < -0.4 is 4.90 Å². The minimum Gasteiger partial charge on any atom is -0.348 e. The highest BCUT2D eigenvalue weighted by molar-refractivity contribution is 5.84. The Hall–Kier alpha value is -1.45. The van der Waals surface area contributed by atoms with E-state index in [1.165, 1.54) is 0 Å². The third-order valence-electron chi connectivity index (χ3n) is 2.64. The normalized spacial score (nSPS) is 16.9. The van der Waals surface area contributed by atoms with Crippen molar-refractivity contribution in [2.45, 2.75) is 26.2 Å². The van der Waals surface area contributed by atoms with E-state index in [2.05, 4.69) is 10.2 Å². The van der Waals surface area contributed by atoms with Gasteiger partial charge in [0.15, 0.2) is 11.6 Å². The van der Waals surface area contributed by atoms with Crippen LogP contribution in [0.3, 0.4) is 0 Å². The van der Waals surface area contributed by atoms with Crippen LogP contribution in [-0.2, 0) is 11.2 Å². The summed E-state index contributed by atoms with van der Waals surface area (Å²) in [6, 6.07) is 3.92. The Morgan fingerprint density at radius 1 is 1.40 bits per heavy atom. The summed E-state index contributed by atoms with van der Waals surface area (Å²) in [6.45, 7) is 3.44. The summed E-state index contributed by atoms with van der Waals surface area (Å²) in [5.74, 6) is 1.11. The predicted octanol–water partition coefficient (Wildman–Crippen LogP) is 1.21. The number of nitrogens with zero attached hydrogens (tertiary/aromatic N) is 3. The van der Waals surface area contributed by atoms with Crippen LogP contribution in [0.2, 0.25) is 0 Å². The summed E-state index contributed by atoms with van der Waals surface area (Å²) < 4.78 is 0. The van der Waals surface area contributed by atoms with Crippen LogP contribution >= 0.6 is 0 Å². The van der Waals surface area contributed by atoms with Crippen LogP contribution in [0.1, 0.15) is 25.5 Å². The first kappa shape index (κ1) is 10.1. The zero-order chi connectivity index (χ0) is 10.7. The van der Waals surface area contributed by atoms with Crippen molar-refractivity contribution < 1.29 is 4.79 Å². The Morgan fingerprint density at radius 2 is 2.27 bits per heavy atom. The fourth-order valence-corrected chi connectivity index (χ4v) is 1.74. The molecule has 0 radical (unpaired) electrons. The highest BCUT2D eigenvalue weighted by atomic mass is 16.1. The third-order valence-corrected chi connectivity index (χ3v) is 2.64. The van der Waals surface area contributed by atoms with E-state index in [9.17, 15) is 4.79 Å². The van der Waals surface area contributed by atoms with E-state index in [1.54, 1.807) is 0 Å². The molecule has 1 saturated heterocycles. The number of anilines is 1. The average Bonchev–Trinajstić information content (AvgIpc) is 2.29. The zero-order valence-corrected chi connectivity index (χ0v) is 8.94. The number of rotatable bonds is 2. The second-order valence-corrected chi connectivity index (χ2v) is 3.80. The molecule has 0 aromatic carbocycles. The maximum atomic E-state index is 11.3. The average molecular weight is 205 g/mol. The second-order valence-electron chi connectivity index (χ2n) is 3.80. The first-order chi connectivity index (χ1) is 7.29. The van der Waals surface area contributed by atoms with Crippen LogP contribution in [0.5, 0.6) is 0 Å². The van der Waals surface area contributed by atoms with E-state index >= 15 is 0 Å². The molecule has 0 spiro atoms. The van der Waals surface area contributed by atoms with E-state index in [4.69, 9.17) is 0 Å². The van der Waals surface area contributed by atoms with E-state index < -0.39 is 0 Å². The molecule has 1 aliphatic rings. The Morgan fingerprint density at radius 3 is 2.87 bits per heavy atom. The molecule has 1 fully saturated rings. The van der Waals surface area contributed by atoms with Crippen molar-refractivity contribution in [2.24, 2.45) is 0 Å². The topological polar surface area (TPSA) is 46.1 Å². The maximum absolute atomic E-state index is 11.3. The molecule has 0 aliphatic carbocycles. The van der Waals surface area contributed by atoms with Crippen LogP contribution in [0, 0.1) is 0 Å². The molecule has 1 aromatic rings.